The van der Waals surface area contributed by atoms with Crippen molar-refractivity contribution in [1.82, 2.24) is 20.3 Å². The number of nitrogens with zero attached hydrogens (tertiary/aromatic N) is 2. The van der Waals surface area contributed by atoms with Crippen LogP contribution in [0.3, 0.4) is 0 Å². The molecule has 3 N–H and O–H groups in total. The average molecular weight is 438 g/mol. The van der Waals surface area contributed by atoms with Crippen LogP contribution in [0.1, 0.15) is 51.7 Å². The highest BCUT2D eigenvalue weighted by atomic mass is 32.2. The Morgan fingerprint density at radius 3 is 2.57 bits per heavy atom. The molecule has 1 aliphatic heterocycles. The Bertz CT molecular complexity index is 839. The van der Waals surface area contributed by atoms with E-state index in [1.54, 1.807) is 13.8 Å². The summed E-state index contributed by atoms with van der Waals surface area (Å²) in [6, 6.07) is 7.48. The Hall–Kier alpha value is -2.13. The van der Waals surface area contributed by atoms with E-state index in [1.165, 1.54) is 0 Å². The molecule has 1 saturated heterocycles. The number of sulfonamides is 1. The van der Waals surface area contributed by atoms with E-state index < -0.39 is 10.0 Å². The summed E-state index contributed by atoms with van der Waals surface area (Å²) in [5.41, 5.74) is 1.61. The number of rotatable bonds is 9. The fourth-order valence-corrected chi connectivity index (χ4v) is 4.96. The van der Waals surface area contributed by atoms with Crippen molar-refractivity contribution in [2.45, 2.75) is 64.9 Å². The van der Waals surface area contributed by atoms with Crippen LogP contribution in [0.25, 0.3) is 0 Å². The molecule has 30 heavy (non-hydrogen) atoms. The second-order valence-corrected chi connectivity index (χ2v) is 9.57. The molecule has 9 heteroatoms. The maximum absolute atomic E-state index is 12.3. The number of aliphatic imine (C=N–C) groups is 1. The Labute approximate surface area is 180 Å². The van der Waals surface area contributed by atoms with Crippen molar-refractivity contribution in [1.29, 1.82) is 0 Å². The number of guanidine groups is 1. The molecular weight excluding hydrogens is 402 g/mol. The van der Waals surface area contributed by atoms with Crippen molar-refractivity contribution >= 4 is 21.9 Å². The van der Waals surface area contributed by atoms with Crippen molar-refractivity contribution in [3.8, 4) is 0 Å². The van der Waals surface area contributed by atoms with Gasteiger partial charge < -0.3 is 15.5 Å². The van der Waals surface area contributed by atoms with Gasteiger partial charge in [-0.25, -0.2) is 18.1 Å². The first-order valence-corrected chi connectivity index (χ1v) is 12.3. The molecule has 1 unspecified atom stereocenters. The van der Waals surface area contributed by atoms with Gasteiger partial charge in [0.25, 0.3) is 0 Å². The van der Waals surface area contributed by atoms with Gasteiger partial charge in [0.15, 0.2) is 5.96 Å². The summed E-state index contributed by atoms with van der Waals surface area (Å²) in [4.78, 5) is 18.4. The number of amides is 1. The molecule has 1 amide bonds. The van der Waals surface area contributed by atoms with E-state index in [2.05, 4.69) is 20.3 Å². The number of likely N-dealkylation sites (tertiary alicyclic amines) is 1. The van der Waals surface area contributed by atoms with E-state index in [0.29, 0.717) is 32.0 Å². The predicted octanol–water partition coefficient (Wildman–Crippen LogP) is 1.58. The van der Waals surface area contributed by atoms with Crippen molar-refractivity contribution in [3.05, 3.63) is 35.4 Å². The monoisotopic (exact) mass is 437 g/mol. The van der Waals surface area contributed by atoms with Gasteiger partial charge in [0.1, 0.15) is 0 Å². The molecular formula is C21H35N5O3S. The summed E-state index contributed by atoms with van der Waals surface area (Å²) < 4.78 is 27.3. The molecule has 1 aromatic carbocycles. The molecule has 0 spiro atoms. The molecule has 0 bridgehead atoms. The topological polar surface area (TPSA) is 103 Å². The van der Waals surface area contributed by atoms with Gasteiger partial charge >= 0.3 is 0 Å². The van der Waals surface area contributed by atoms with Crippen LogP contribution in [0.15, 0.2) is 29.3 Å². The van der Waals surface area contributed by atoms with Crippen LogP contribution in [0.4, 0.5) is 0 Å². The van der Waals surface area contributed by atoms with Crippen molar-refractivity contribution in [2.24, 2.45) is 4.99 Å². The van der Waals surface area contributed by atoms with E-state index in [-0.39, 0.29) is 23.7 Å². The number of hydrogen-bond donors (Lipinski definition) is 3. The molecule has 2 rings (SSSR count). The molecule has 1 aromatic rings. The summed E-state index contributed by atoms with van der Waals surface area (Å²) in [6.07, 6.45) is 1.40. The third-order valence-corrected chi connectivity index (χ3v) is 6.34. The van der Waals surface area contributed by atoms with E-state index in [4.69, 9.17) is 0 Å². The van der Waals surface area contributed by atoms with Crippen molar-refractivity contribution in [2.75, 3.05) is 19.6 Å². The zero-order chi connectivity index (χ0) is 22.1. The first kappa shape index (κ1) is 24.1. The third kappa shape index (κ3) is 7.60. The lowest BCUT2D eigenvalue weighted by Crippen LogP contribution is -2.45. The minimum Gasteiger partial charge on any atom is -0.357 e. The molecule has 0 aliphatic carbocycles. The maximum Gasteiger partial charge on any atom is 0.222 e. The molecule has 1 aliphatic rings. The van der Waals surface area contributed by atoms with Crippen molar-refractivity contribution < 1.29 is 13.2 Å². The first-order valence-electron chi connectivity index (χ1n) is 10.6. The van der Waals surface area contributed by atoms with Gasteiger partial charge in [0.05, 0.1) is 12.3 Å². The van der Waals surface area contributed by atoms with Crippen LogP contribution in [0.2, 0.25) is 0 Å². The molecule has 0 saturated carbocycles. The first-order chi connectivity index (χ1) is 14.2. The summed E-state index contributed by atoms with van der Waals surface area (Å²) in [5, 5.41) is 6.64. The summed E-state index contributed by atoms with van der Waals surface area (Å²) in [5.74, 6) is 0.773. The lowest BCUT2D eigenvalue weighted by molar-refractivity contribution is -0.129. The fraction of sp³-hybridized carbons (Fsp3) is 0.619. The summed E-state index contributed by atoms with van der Waals surface area (Å²) >= 11 is 0. The van der Waals surface area contributed by atoms with Gasteiger partial charge in [-0.15, -0.1) is 0 Å². The quantitative estimate of drug-likeness (QED) is 0.402. The largest absolute Gasteiger partial charge is 0.357 e. The van der Waals surface area contributed by atoms with Gasteiger partial charge in [0, 0.05) is 38.1 Å². The molecule has 168 valence electrons. The normalized spacial score (nSPS) is 17.4. The number of benzene rings is 1. The number of nitrogens with one attached hydrogen (secondary N) is 3. The third-order valence-electron chi connectivity index (χ3n) is 4.82. The highest BCUT2D eigenvalue weighted by Gasteiger charge is 2.25. The van der Waals surface area contributed by atoms with E-state index in [0.717, 1.165) is 24.1 Å². The Kier molecular flexibility index (Phi) is 9.10. The Balaban J connectivity index is 2.07. The second-order valence-electron chi connectivity index (χ2n) is 7.82. The van der Waals surface area contributed by atoms with Crippen molar-refractivity contribution in [3.63, 3.8) is 0 Å². The molecule has 1 atom stereocenters. The number of hydrogen-bond acceptors (Lipinski definition) is 4. The number of carbonyl (C=O) groups excluding carboxylic acids is 1. The van der Waals surface area contributed by atoms with E-state index in [1.807, 2.05) is 43.0 Å². The van der Waals surface area contributed by atoms with Crippen LogP contribution in [-0.2, 0) is 27.1 Å². The molecule has 8 nitrogen and oxygen atoms in total. The summed E-state index contributed by atoms with van der Waals surface area (Å²) in [6.45, 7) is 10.00. The second kappa shape index (κ2) is 11.3. The van der Waals surface area contributed by atoms with E-state index >= 15 is 0 Å². The molecule has 0 radical (unpaired) electrons. The van der Waals surface area contributed by atoms with Crippen LogP contribution in [-0.4, -0.2) is 56.9 Å². The minimum absolute atomic E-state index is 0.0719. The maximum atomic E-state index is 12.3. The molecule has 1 heterocycles. The minimum atomic E-state index is -3.41. The summed E-state index contributed by atoms with van der Waals surface area (Å²) in [7, 11) is -3.41. The highest BCUT2D eigenvalue weighted by molar-refractivity contribution is 7.88. The van der Waals surface area contributed by atoms with Crippen LogP contribution < -0.4 is 15.4 Å². The van der Waals surface area contributed by atoms with Gasteiger partial charge in [-0.2, -0.15) is 0 Å². The Morgan fingerprint density at radius 2 is 1.93 bits per heavy atom. The van der Waals surface area contributed by atoms with Crippen LogP contribution in [0, 0.1) is 0 Å². The number of carbonyl (C=O) groups is 1. The molecule has 0 aromatic heterocycles. The van der Waals surface area contributed by atoms with Crippen LogP contribution in [0.5, 0.6) is 0 Å². The SMILES string of the molecule is CCNC(=NCc1ccccc1CS(=O)(=O)NC(C)C)NC1CCN(C(=O)CC)C1. The smallest absolute Gasteiger partial charge is 0.222 e. The van der Waals surface area contributed by atoms with Crippen LogP contribution >= 0.6 is 0 Å². The molecule has 1 fully saturated rings. The highest BCUT2D eigenvalue weighted by Crippen LogP contribution is 2.14. The van der Waals surface area contributed by atoms with Gasteiger partial charge in [-0.1, -0.05) is 31.2 Å². The average Bonchev–Trinajstić information content (AvgIpc) is 3.14. The lowest BCUT2D eigenvalue weighted by atomic mass is 10.1. The fourth-order valence-electron chi connectivity index (χ4n) is 3.46. The van der Waals surface area contributed by atoms with Gasteiger partial charge in [-0.3, -0.25) is 4.79 Å². The Morgan fingerprint density at radius 1 is 1.23 bits per heavy atom. The standard InChI is InChI=1S/C21H35N5O3S/c1-5-20(27)26-12-11-19(14-26)24-21(22-6-2)23-13-17-9-7-8-10-18(17)15-30(28,29)25-16(3)4/h7-10,16,19,25H,5-6,11-15H2,1-4H3,(H2,22,23,24). The predicted molar refractivity (Wildman–Crippen MR) is 121 cm³/mol. The van der Waals surface area contributed by atoms with Gasteiger partial charge in [-0.05, 0) is 38.3 Å². The zero-order valence-electron chi connectivity index (χ0n) is 18.4. The zero-order valence-corrected chi connectivity index (χ0v) is 19.3. The lowest BCUT2D eigenvalue weighted by Gasteiger charge is -2.19. The van der Waals surface area contributed by atoms with E-state index in [9.17, 15) is 13.2 Å². The van der Waals surface area contributed by atoms with Gasteiger partial charge in [0.2, 0.25) is 15.9 Å².